The van der Waals surface area contributed by atoms with Crippen molar-refractivity contribution < 1.29 is 5.11 Å². The zero-order valence-electron chi connectivity index (χ0n) is 11.2. The molecule has 3 atom stereocenters. The Labute approximate surface area is 113 Å². The van der Waals surface area contributed by atoms with Crippen LogP contribution in [0.5, 0.6) is 0 Å². The van der Waals surface area contributed by atoms with E-state index in [0.717, 1.165) is 25.2 Å². The maximum Gasteiger partial charge on any atom is 0.248 e. The molecule has 3 rings (SSSR count). The monoisotopic (exact) mass is 262 g/mol. The van der Waals surface area contributed by atoms with Crippen molar-refractivity contribution in [1.29, 1.82) is 0 Å². The average Bonchev–Trinajstić information content (AvgIpc) is 2.46. The largest absolute Gasteiger partial charge is 0.396 e. The highest BCUT2D eigenvalue weighted by Gasteiger charge is 2.37. The molecule has 0 aliphatic carbocycles. The van der Waals surface area contributed by atoms with Crippen molar-refractivity contribution in [3.63, 3.8) is 0 Å². The third-order valence-electron chi connectivity index (χ3n) is 4.72. The summed E-state index contributed by atoms with van der Waals surface area (Å²) in [7, 11) is 0. The Morgan fingerprint density at radius 1 is 1.37 bits per heavy atom. The third kappa shape index (κ3) is 2.60. The van der Waals surface area contributed by atoms with Crippen LogP contribution in [0.4, 0.5) is 0 Å². The molecule has 0 saturated carbocycles. The smallest absolute Gasteiger partial charge is 0.248 e. The van der Waals surface area contributed by atoms with Crippen LogP contribution >= 0.6 is 0 Å². The number of aliphatic hydroxyl groups excluding tert-OH is 1. The number of nitrogens with one attached hydrogen (secondary N) is 1. The van der Waals surface area contributed by atoms with Crippen molar-refractivity contribution in [2.24, 2.45) is 5.92 Å². The Hall–Kier alpha value is -1.13. The number of aliphatic hydroxyl groups is 1. The highest BCUT2D eigenvalue weighted by molar-refractivity contribution is 5.12. The van der Waals surface area contributed by atoms with Gasteiger partial charge in [0.1, 0.15) is 0 Å². The molecule has 2 saturated heterocycles. The molecule has 0 spiro atoms. The minimum absolute atomic E-state index is 0.0289. The Balaban J connectivity index is 1.82. The molecular formula is C15H22N2O2. The van der Waals surface area contributed by atoms with Gasteiger partial charge in [-0.3, -0.25) is 9.69 Å². The lowest BCUT2D eigenvalue weighted by atomic mass is 9.78. The van der Waals surface area contributed by atoms with Gasteiger partial charge in [-0.2, -0.15) is 0 Å². The van der Waals surface area contributed by atoms with Crippen LogP contribution < -0.4 is 5.56 Å². The van der Waals surface area contributed by atoms with E-state index in [0.29, 0.717) is 17.9 Å². The summed E-state index contributed by atoms with van der Waals surface area (Å²) in [6, 6.07) is 5.93. The number of hydrogen-bond acceptors (Lipinski definition) is 3. The molecule has 2 N–H and O–H groups in total. The molecule has 1 aromatic heterocycles. The van der Waals surface area contributed by atoms with Crippen LogP contribution in [0.25, 0.3) is 0 Å². The van der Waals surface area contributed by atoms with Crippen LogP contribution in [-0.2, 0) is 0 Å². The number of fused-ring (bicyclic) bond motifs is 1. The molecule has 19 heavy (non-hydrogen) atoms. The summed E-state index contributed by atoms with van der Waals surface area (Å²) in [6.07, 6.45) is 4.73. The van der Waals surface area contributed by atoms with E-state index in [1.54, 1.807) is 6.07 Å². The predicted octanol–water partition coefficient (Wildman–Crippen LogP) is 1.33. The molecule has 2 aliphatic heterocycles. The maximum absolute atomic E-state index is 11.4. The van der Waals surface area contributed by atoms with Gasteiger partial charge in [-0.25, -0.2) is 0 Å². The highest BCUT2D eigenvalue weighted by atomic mass is 16.3. The zero-order chi connectivity index (χ0) is 13.2. The normalized spacial score (nSPS) is 31.9. The molecule has 3 heterocycles. The van der Waals surface area contributed by atoms with Crippen LogP contribution in [0.2, 0.25) is 0 Å². The van der Waals surface area contributed by atoms with Crippen molar-refractivity contribution in [2.75, 3.05) is 19.7 Å². The molecule has 0 unspecified atom stereocenters. The second-order valence-electron chi connectivity index (χ2n) is 5.90. The number of H-pyrrole nitrogens is 1. The highest BCUT2D eigenvalue weighted by Crippen LogP contribution is 2.36. The SMILES string of the molecule is O=c1cccc([C@H]2C[C@H](CO)[C@H]3CCCCN3C2)[nH]1. The van der Waals surface area contributed by atoms with Crippen molar-refractivity contribution in [2.45, 2.75) is 37.6 Å². The van der Waals surface area contributed by atoms with E-state index >= 15 is 0 Å². The number of piperidine rings is 2. The number of nitrogens with zero attached hydrogens (tertiary/aromatic N) is 1. The lowest BCUT2D eigenvalue weighted by Gasteiger charge is -2.46. The fraction of sp³-hybridized carbons (Fsp3) is 0.667. The van der Waals surface area contributed by atoms with Gasteiger partial charge in [0.15, 0.2) is 0 Å². The van der Waals surface area contributed by atoms with Gasteiger partial charge in [0, 0.05) is 36.9 Å². The van der Waals surface area contributed by atoms with Crippen molar-refractivity contribution >= 4 is 0 Å². The molecule has 104 valence electrons. The first-order chi connectivity index (χ1) is 9.28. The Bertz CT molecular complexity index is 477. The number of rotatable bonds is 2. The van der Waals surface area contributed by atoms with E-state index in [9.17, 15) is 9.90 Å². The third-order valence-corrected chi connectivity index (χ3v) is 4.72. The Kier molecular flexibility index (Phi) is 3.71. The zero-order valence-corrected chi connectivity index (χ0v) is 11.2. The van der Waals surface area contributed by atoms with E-state index in [4.69, 9.17) is 0 Å². The van der Waals surface area contributed by atoms with Gasteiger partial charge >= 0.3 is 0 Å². The summed E-state index contributed by atoms with van der Waals surface area (Å²) < 4.78 is 0. The quantitative estimate of drug-likeness (QED) is 0.845. The van der Waals surface area contributed by atoms with Gasteiger partial charge in [0.2, 0.25) is 5.56 Å². The maximum atomic E-state index is 11.4. The number of aromatic amines is 1. The van der Waals surface area contributed by atoms with Gasteiger partial charge in [-0.05, 0) is 37.8 Å². The molecule has 0 amide bonds. The fourth-order valence-corrected chi connectivity index (χ4v) is 3.78. The molecular weight excluding hydrogens is 240 g/mol. The standard InChI is InChI=1S/C15H22N2O2/c18-10-12-8-11(13-4-3-6-15(19)16-13)9-17-7-2-1-5-14(12)17/h3-4,6,11-12,14,18H,1-2,5,7-10H2,(H,16,19)/t11-,12+,14+/m0/s1. The first kappa shape index (κ1) is 12.9. The summed E-state index contributed by atoms with van der Waals surface area (Å²) in [5, 5.41) is 9.65. The van der Waals surface area contributed by atoms with Gasteiger partial charge in [0.05, 0.1) is 0 Å². The van der Waals surface area contributed by atoms with Crippen molar-refractivity contribution in [3.8, 4) is 0 Å². The predicted molar refractivity (Wildman–Crippen MR) is 74.2 cm³/mol. The minimum atomic E-state index is -0.0289. The number of pyridine rings is 1. The minimum Gasteiger partial charge on any atom is -0.396 e. The van der Waals surface area contributed by atoms with Crippen molar-refractivity contribution in [3.05, 3.63) is 34.2 Å². The van der Waals surface area contributed by atoms with Gasteiger partial charge in [-0.1, -0.05) is 12.5 Å². The van der Waals surface area contributed by atoms with Crippen LogP contribution in [0.15, 0.2) is 23.0 Å². The fourth-order valence-electron chi connectivity index (χ4n) is 3.78. The molecule has 1 aromatic rings. The second kappa shape index (κ2) is 5.47. The van der Waals surface area contributed by atoms with E-state index in [1.165, 1.54) is 19.3 Å². The summed E-state index contributed by atoms with van der Waals surface area (Å²) in [5.41, 5.74) is 0.994. The lowest BCUT2D eigenvalue weighted by Crippen LogP contribution is -2.51. The van der Waals surface area contributed by atoms with Crippen LogP contribution in [-0.4, -0.2) is 40.7 Å². The molecule has 4 heteroatoms. The van der Waals surface area contributed by atoms with E-state index < -0.39 is 0 Å². The average molecular weight is 262 g/mol. The number of hydrogen-bond donors (Lipinski definition) is 2. The van der Waals surface area contributed by atoms with E-state index in [2.05, 4.69) is 9.88 Å². The lowest BCUT2D eigenvalue weighted by molar-refractivity contribution is 0.0199. The molecule has 2 aliphatic rings. The molecule has 4 nitrogen and oxygen atoms in total. The molecule has 0 bridgehead atoms. The first-order valence-electron chi connectivity index (χ1n) is 7.32. The number of aromatic nitrogens is 1. The molecule has 2 fully saturated rings. The second-order valence-corrected chi connectivity index (χ2v) is 5.90. The summed E-state index contributed by atoms with van der Waals surface area (Å²) in [6.45, 7) is 2.41. The van der Waals surface area contributed by atoms with Crippen LogP contribution in [0.3, 0.4) is 0 Å². The topological polar surface area (TPSA) is 56.3 Å². The summed E-state index contributed by atoms with van der Waals surface area (Å²) >= 11 is 0. The van der Waals surface area contributed by atoms with Crippen LogP contribution in [0, 0.1) is 5.92 Å². The van der Waals surface area contributed by atoms with E-state index in [1.807, 2.05) is 12.1 Å². The molecule has 0 aromatic carbocycles. The summed E-state index contributed by atoms with van der Waals surface area (Å²) in [5.74, 6) is 0.697. The Morgan fingerprint density at radius 2 is 2.26 bits per heavy atom. The molecule has 0 radical (unpaired) electrons. The van der Waals surface area contributed by atoms with Gasteiger partial charge < -0.3 is 10.1 Å². The van der Waals surface area contributed by atoms with Crippen LogP contribution in [0.1, 0.15) is 37.3 Å². The summed E-state index contributed by atoms with van der Waals surface area (Å²) in [4.78, 5) is 16.9. The first-order valence-corrected chi connectivity index (χ1v) is 7.32. The van der Waals surface area contributed by atoms with Gasteiger partial charge in [0.25, 0.3) is 0 Å². The van der Waals surface area contributed by atoms with E-state index in [-0.39, 0.29) is 12.2 Å². The van der Waals surface area contributed by atoms with Gasteiger partial charge in [-0.15, -0.1) is 0 Å². The Morgan fingerprint density at radius 3 is 3.05 bits per heavy atom. The van der Waals surface area contributed by atoms with Crippen molar-refractivity contribution in [1.82, 2.24) is 9.88 Å².